The van der Waals surface area contributed by atoms with E-state index in [0.29, 0.717) is 23.1 Å². The number of nitrogens with zero attached hydrogens (tertiary/aromatic N) is 2. The predicted molar refractivity (Wildman–Crippen MR) is 119 cm³/mol. The first-order chi connectivity index (χ1) is 14.3. The zero-order valence-corrected chi connectivity index (χ0v) is 18.2. The van der Waals surface area contributed by atoms with Gasteiger partial charge in [0.2, 0.25) is 11.8 Å². The molecule has 0 radical (unpaired) electrons. The summed E-state index contributed by atoms with van der Waals surface area (Å²) in [7, 11) is 0. The minimum Gasteiger partial charge on any atom is -0.494 e. The molecule has 4 rings (SSSR count). The third-order valence-corrected chi connectivity index (χ3v) is 6.08. The van der Waals surface area contributed by atoms with Crippen molar-refractivity contribution in [2.75, 3.05) is 16.8 Å². The lowest BCUT2D eigenvalue weighted by atomic mass is 9.96. The molecule has 1 unspecified atom stereocenters. The van der Waals surface area contributed by atoms with E-state index in [2.05, 4.69) is 15.3 Å². The normalized spacial score (nSPS) is 16.1. The van der Waals surface area contributed by atoms with E-state index in [4.69, 9.17) is 4.74 Å². The molecule has 2 N–H and O–H groups in total. The summed E-state index contributed by atoms with van der Waals surface area (Å²) in [5.41, 5.74) is 2.00. The maximum absolute atomic E-state index is 13.4. The summed E-state index contributed by atoms with van der Waals surface area (Å²) in [6, 6.07) is 13.0. The second-order valence-corrected chi connectivity index (χ2v) is 8.95. The van der Waals surface area contributed by atoms with Crippen LogP contribution in [0.2, 0.25) is 0 Å². The van der Waals surface area contributed by atoms with E-state index in [1.165, 1.54) is 11.8 Å². The van der Waals surface area contributed by atoms with Crippen molar-refractivity contribution < 1.29 is 14.3 Å². The first-order valence-corrected chi connectivity index (χ1v) is 10.7. The summed E-state index contributed by atoms with van der Waals surface area (Å²) in [6.45, 7) is 7.87. The number of hydrogen-bond donors (Lipinski definition) is 2. The quantitative estimate of drug-likeness (QED) is 0.599. The standard InChI is InChI=1S/C22H24N4O3S/c1-5-29-14-10-11-15-17(12-14)25-21(24-15)30-13(2)19(27)26-18-9-7-6-8-16(18)23-20(28)22(26,3)4/h6-13H,5H2,1-4H3,(H,23,28)(H,24,25). The SMILES string of the molecule is CCOc1ccc2nc(SC(C)C(=O)N3c4ccccc4NC(=O)C3(C)C)[nH]c2c1. The number of imidazole rings is 1. The molecule has 3 aromatic rings. The van der Waals surface area contributed by atoms with Crippen molar-refractivity contribution in [1.82, 2.24) is 9.97 Å². The molecule has 8 heteroatoms. The van der Waals surface area contributed by atoms with Gasteiger partial charge < -0.3 is 15.0 Å². The Labute approximate surface area is 179 Å². The van der Waals surface area contributed by atoms with Gasteiger partial charge in [-0.25, -0.2) is 4.98 Å². The van der Waals surface area contributed by atoms with E-state index in [9.17, 15) is 9.59 Å². The predicted octanol–water partition coefficient (Wildman–Crippen LogP) is 4.21. The first-order valence-electron chi connectivity index (χ1n) is 9.85. The number of amides is 2. The van der Waals surface area contributed by atoms with Gasteiger partial charge >= 0.3 is 0 Å². The average molecular weight is 425 g/mol. The molecular formula is C22H24N4O3S. The molecule has 2 aromatic carbocycles. The summed E-state index contributed by atoms with van der Waals surface area (Å²) in [5, 5.41) is 3.08. The highest BCUT2D eigenvalue weighted by atomic mass is 32.2. The van der Waals surface area contributed by atoms with Gasteiger partial charge in [-0.2, -0.15) is 0 Å². The second-order valence-electron chi connectivity index (χ2n) is 7.62. The lowest BCUT2D eigenvalue weighted by Crippen LogP contribution is -2.60. The van der Waals surface area contributed by atoms with Gasteiger partial charge in [-0.1, -0.05) is 23.9 Å². The number of aromatic nitrogens is 2. The topological polar surface area (TPSA) is 87.3 Å². The molecule has 0 saturated carbocycles. The van der Waals surface area contributed by atoms with Crippen molar-refractivity contribution in [1.29, 1.82) is 0 Å². The Kier molecular flexibility index (Phi) is 5.19. The Morgan fingerprint density at radius 3 is 2.80 bits per heavy atom. The van der Waals surface area contributed by atoms with Crippen molar-refractivity contribution in [3.63, 3.8) is 0 Å². The third kappa shape index (κ3) is 3.52. The zero-order chi connectivity index (χ0) is 21.5. The fourth-order valence-electron chi connectivity index (χ4n) is 3.52. The number of H-pyrrole nitrogens is 1. The molecule has 0 fully saturated rings. The number of aromatic amines is 1. The molecule has 2 heterocycles. The summed E-state index contributed by atoms with van der Waals surface area (Å²) in [6.07, 6.45) is 0. The number of rotatable bonds is 5. The molecule has 1 aliphatic heterocycles. The van der Waals surface area contributed by atoms with Gasteiger partial charge in [-0.05, 0) is 52.0 Å². The average Bonchev–Trinajstić information content (AvgIpc) is 3.10. The molecule has 1 aromatic heterocycles. The molecule has 2 amide bonds. The number of benzene rings is 2. The van der Waals surface area contributed by atoms with Gasteiger partial charge in [0.05, 0.1) is 34.3 Å². The molecule has 0 spiro atoms. The van der Waals surface area contributed by atoms with E-state index in [-0.39, 0.29) is 11.8 Å². The molecular weight excluding hydrogens is 400 g/mol. The van der Waals surface area contributed by atoms with Crippen molar-refractivity contribution in [3.05, 3.63) is 42.5 Å². The Morgan fingerprint density at radius 1 is 1.27 bits per heavy atom. The second kappa shape index (κ2) is 7.68. The monoisotopic (exact) mass is 424 g/mol. The van der Waals surface area contributed by atoms with Crippen LogP contribution in [0.5, 0.6) is 5.75 Å². The molecule has 0 saturated heterocycles. The number of anilines is 2. The Hall–Kier alpha value is -3.00. The highest BCUT2D eigenvalue weighted by Crippen LogP contribution is 2.38. The van der Waals surface area contributed by atoms with Gasteiger partial charge in [-0.3, -0.25) is 14.5 Å². The number of nitrogens with one attached hydrogen (secondary N) is 2. The van der Waals surface area contributed by atoms with Crippen LogP contribution in [0.4, 0.5) is 11.4 Å². The van der Waals surface area contributed by atoms with Crippen molar-refractivity contribution in [2.45, 2.75) is 43.6 Å². The van der Waals surface area contributed by atoms with Gasteiger partial charge in [-0.15, -0.1) is 0 Å². The summed E-state index contributed by atoms with van der Waals surface area (Å²) >= 11 is 1.34. The lowest BCUT2D eigenvalue weighted by Gasteiger charge is -2.42. The third-order valence-electron chi connectivity index (χ3n) is 5.11. The van der Waals surface area contributed by atoms with Gasteiger partial charge in [0.25, 0.3) is 0 Å². The highest BCUT2D eigenvalue weighted by molar-refractivity contribution is 8.00. The van der Waals surface area contributed by atoms with Crippen LogP contribution >= 0.6 is 11.8 Å². The minimum absolute atomic E-state index is 0.150. The molecule has 0 bridgehead atoms. The summed E-state index contributed by atoms with van der Waals surface area (Å²) < 4.78 is 5.53. The molecule has 1 aliphatic rings. The Bertz CT molecular complexity index is 1120. The van der Waals surface area contributed by atoms with Crippen LogP contribution < -0.4 is 15.0 Å². The lowest BCUT2D eigenvalue weighted by molar-refractivity contribution is -0.126. The Morgan fingerprint density at radius 2 is 2.03 bits per heavy atom. The van der Waals surface area contributed by atoms with E-state index < -0.39 is 10.8 Å². The van der Waals surface area contributed by atoms with Gasteiger partial charge in [0.1, 0.15) is 11.3 Å². The van der Waals surface area contributed by atoms with E-state index in [1.807, 2.05) is 50.2 Å². The van der Waals surface area contributed by atoms with E-state index in [0.717, 1.165) is 16.8 Å². The largest absolute Gasteiger partial charge is 0.494 e. The first kappa shape index (κ1) is 20.3. The number of carbonyl (C=O) groups excluding carboxylic acids is 2. The van der Waals surface area contributed by atoms with Crippen LogP contribution in [0, 0.1) is 0 Å². The summed E-state index contributed by atoms with van der Waals surface area (Å²) in [4.78, 5) is 35.5. The Balaban J connectivity index is 1.60. The molecule has 7 nitrogen and oxygen atoms in total. The molecule has 1 atom stereocenters. The van der Waals surface area contributed by atoms with Gasteiger partial charge in [0.15, 0.2) is 5.16 Å². The zero-order valence-electron chi connectivity index (χ0n) is 17.4. The van der Waals surface area contributed by atoms with Crippen LogP contribution in [0.15, 0.2) is 47.6 Å². The fraction of sp³-hybridized carbons (Fsp3) is 0.318. The van der Waals surface area contributed by atoms with Gasteiger partial charge in [0, 0.05) is 6.07 Å². The number of para-hydroxylation sites is 2. The van der Waals surface area contributed by atoms with E-state index >= 15 is 0 Å². The molecule has 156 valence electrons. The maximum atomic E-state index is 13.4. The van der Waals surface area contributed by atoms with Crippen molar-refractivity contribution >= 4 is 46.0 Å². The maximum Gasteiger partial charge on any atom is 0.250 e. The highest BCUT2D eigenvalue weighted by Gasteiger charge is 2.44. The van der Waals surface area contributed by atoms with Crippen LogP contribution in [0.25, 0.3) is 11.0 Å². The molecule has 0 aliphatic carbocycles. The van der Waals surface area contributed by atoms with Crippen molar-refractivity contribution in [3.8, 4) is 5.75 Å². The summed E-state index contributed by atoms with van der Waals surface area (Å²) in [5.74, 6) is 0.411. The van der Waals surface area contributed by atoms with Crippen molar-refractivity contribution in [2.24, 2.45) is 0 Å². The number of fused-ring (bicyclic) bond motifs is 2. The van der Waals surface area contributed by atoms with Crippen LogP contribution in [-0.2, 0) is 9.59 Å². The minimum atomic E-state index is -0.999. The number of hydrogen-bond acceptors (Lipinski definition) is 5. The molecule has 30 heavy (non-hydrogen) atoms. The van der Waals surface area contributed by atoms with Crippen LogP contribution in [0.1, 0.15) is 27.7 Å². The number of thioether (sulfide) groups is 1. The smallest absolute Gasteiger partial charge is 0.250 e. The van der Waals surface area contributed by atoms with Crippen LogP contribution in [-0.4, -0.2) is 39.2 Å². The fourth-order valence-corrected chi connectivity index (χ4v) is 4.38. The number of ether oxygens (including phenoxy) is 1. The van der Waals surface area contributed by atoms with Crippen LogP contribution in [0.3, 0.4) is 0 Å². The number of carbonyl (C=O) groups is 2. The van der Waals surface area contributed by atoms with E-state index in [1.54, 1.807) is 24.8 Å².